The Hall–Kier alpha value is -6.66. The number of rotatable bonds is 11. The molecule has 8 rings (SSSR count). The van der Waals surface area contributed by atoms with E-state index in [1.807, 2.05) is 0 Å². The molecule has 2 bridgehead atoms. The molecule has 358 valence electrons. The number of Topliss-reactive ketones (excluding diaryl/α,β-unsaturated/α-hetero) is 1. The van der Waals surface area contributed by atoms with Crippen molar-refractivity contribution in [2.45, 2.75) is 108 Å². The molecule has 17 nitrogen and oxygen atoms in total. The molecule has 17 heteroatoms. The number of nitrogens with one attached hydrogen (secondary N) is 1. The second-order valence-corrected chi connectivity index (χ2v) is 18.6. The predicted molar refractivity (Wildman–Crippen MR) is 240 cm³/mol. The number of para-hydroxylation sites is 2. The molecule has 3 aromatic carbocycles. The quantitative estimate of drug-likeness (QED) is 0.0832. The van der Waals surface area contributed by atoms with E-state index >= 15 is 4.79 Å². The minimum absolute atomic E-state index is 0.0240. The molecule has 2 amide bonds. The fourth-order valence-electron chi connectivity index (χ4n) is 10.9. The maximum Gasteiger partial charge on any atom is 0.338 e. The molecule has 3 aliphatic carbocycles. The van der Waals surface area contributed by atoms with Crippen LogP contribution in [-0.4, -0.2) is 105 Å². The Bertz CT molecular complexity index is 2560. The molecular weight excluding hydrogens is 881 g/mol. The monoisotopic (exact) mass is 934 g/mol. The molecule has 1 saturated heterocycles. The first kappa shape index (κ1) is 47.8. The van der Waals surface area contributed by atoms with Gasteiger partial charge in [-0.2, -0.15) is 0 Å². The van der Waals surface area contributed by atoms with Crippen LogP contribution in [0, 0.1) is 16.7 Å². The van der Waals surface area contributed by atoms with E-state index in [1.54, 1.807) is 92.7 Å². The van der Waals surface area contributed by atoms with Crippen LogP contribution in [-0.2, 0) is 42.9 Å². The zero-order valence-electron chi connectivity index (χ0n) is 38.3. The summed E-state index contributed by atoms with van der Waals surface area (Å²) in [6, 6.07) is 25.8. The van der Waals surface area contributed by atoms with Gasteiger partial charge in [-0.15, -0.1) is 0 Å². The standard InChI is InChI=1S/C51H54N2O15/c1-28-35(66-46(60)40(57)39(34-23-16-24-63-34)52-47(61)53(32-19-12-8-13-20-32)33-21-14-9-15-22-33)26-51(62)44(67-45(59)31-17-10-7-11-18-31)42-49(6,36(56)25-37-50(42,27-64-37)68-30(3)55)43(58)41(65-29(2)54)38(28)48(51,4)5/h7-24,35-37,39-42,44,56-57,62H,25-27H2,1-6H3,(H,52,61)/t35-,36-,37+,39-,40+,41+,42-,44-,49+,50-,51+/m0/s1. The summed E-state index contributed by atoms with van der Waals surface area (Å²) in [5.74, 6) is -6.44. The van der Waals surface area contributed by atoms with Crippen LogP contribution < -0.4 is 10.2 Å². The number of esters is 4. The van der Waals surface area contributed by atoms with Crippen molar-refractivity contribution in [3.8, 4) is 0 Å². The summed E-state index contributed by atoms with van der Waals surface area (Å²) in [6.45, 7) is 7.90. The number of fused-ring (bicyclic) bond motifs is 5. The Kier molecular flexibility index (Phi) is 12.7. The first-order valence-electron chi connectivity index (χ1n) is 22.3. The van der Waals surface area contributed by atoms with Gasteiger partial charge in [-0.25, -0.2) is 14.4 Å². The molecule has 4 N–H and O–H groups in total. The largest absolute Gasteiger partial charge is 0.467 e. The van der Waals surface area contributed by atoms with Crippen LogP contribution in [0.2, 0.25) is 0 Å². The highest BCUT2D eigenvalue weighted by atomic mass is 16.6. The van der Waals surface area contributed by atoms with Crippen molar-refractivity contribution >= 4 is 47.1 Å². The topological polar surface area (TPSA) is 238 Å². The van der Waals surface area contributed by atoms with Crippen molar-refractivity contribution in [2.75, 3.05) is 11.5 Å². The van der Waals surface area contributed by atoms with Gasteiger partial charge in [0, 0.05) is 32.1 Å². The summed E-state index contributed by atoms with van der Waals surface area (Å²) in [5.41, 5.74) is -6.92. The molecule has 1 aliphatic heterocycles. The normalized spacial score (nSPS) is 30.0. The number of hydrogen-bond donors (Lipinski definition) is 4. The van der Waals surface area contributed by atoms with E-state index in [1.165, 1.54) is 49.3 Å². The number of ether oxygens (including phenoxy) is 5. The molecule has 2 heterocycles. The number of ketones is 1. The molecule has 0 radical (unpaired) electrons. The van der Waals surface area contributed by atoms with Gasteiger partial charge in [-0.05, 0) is 73.5 Å². The number of carbonyl (C=O) groups is 6. The minimum Gasteiger partial charge on any atom is -0.467 e. The van der Waals surface area contributed by atoms with Gasteiger partial charge in [0.05, 0.1) is 47.2 Å². The number of nitrogens with zero attached hydrogens (tertiary/aromatic N) is 1. The van der Waals surface area contributed by atoms with Gasteiger partial charge in [0.25, 0.3) is 0 Å². The van der Waals surface area contributed by atoms with Crippen LogP contribution in [0.25, 0.3) is 0 Å². The second kappa shape index (κ2) is 18.1. The van der Waals surface area contributed by atoms with E-state index in [2.05, 4.69) is 5.32 Å². The van der Waals surface area contributed by atoms with E-state index in [4.69, 9.17) is 28.1 Å². The van der Waals surface area contributed by atoms with Gasteiger partial charge in [-0.1, -0.05) is 68.4 Å². The average Bonchev–Trinajstić information content (AvgIpc) is 3.85. The fraction of sp³-hybridized carbons (Fsp3) is 0.412. The number of anilines is 2. The van der Waals surface area contributed by atoms with Crippen LogP contribution in [0.4, 0.5) is 16.2 Å². The number of hydrogen-bond acceptors (Lipinski definition) is 15. The van der Waals surface area contributed by atoms with Gasteiger partial charge in [0.2, 0.25) is 0 Å². The van der Waals surface area contributed by atoms with Gasteiger partial charge in [0.1, 0.15) is 35.7 Å². The highest BCUT2D eigenvalue weighted by Gasteiger charge is 2.78. The van der Waals surface area contributed by atoms with Crippen LogP contribution >= 0.6 is 0 Å². The van der Waals surface area contributed by atoms with Crippen molar-refractivity contribution in [3.05, 3.63) is 132 Å². The molecule has 0 unspecified atom stereocenters. The molecule has 2 saturated carbocycles. The van der Waals surface area contributed by atoms with E-state index in [0.717, 1.165) is 13.8 Å². The van der Waals surface area contributed by atoms with Gasteiger partial charge in [0.15, 0.2) is 23.6 Å². The third kappa shape index (κ3) is 7.95. The predicted octanol–water partition coefficient (Wildman–Crippen LogP) is 5.45. The highest BCUT2D eigenvalue weighted by molar-refractivity contribution is 6.00. The van der Waals surface area contributed by atoms with Crippen molar-refractivity contribution in [1.82, 2.24) is 5.32 Å². The summed E-state index contributed by atoms with van der Waals surface area (Å²) >= 11 is 0. The van der Waals surface area contributed by atoms with Crippen LogP contribution in [0.15, 0.2) is 125 Å². The van der Waals surface area contributed by atoms with Gasteiger partial charge in [-0.3, -0.25) is 19.3 Å². The molecule has 0 spiro atoms. The Balaban J connectivity index is 1.24. The molecule has 68 heavy (non-hydrogen) atoms. The van der Waals surface area contributed by atoms with Gasteiger partial charge >= 0.3 is 29.9 Å². The first-order chi connectivity index (χ1) is 32.3. The number of furan rings is 1. The first-order valence-corrected chi connectivity index (χ1v) is 22.3. The third-order valence-electron chi connectivity index (χ3n) is 14.4. The Morgan fingerprint density at radius 1 is 0.824 bits per heavy atom. The fourth-order valence-corrected chi connectivity index (χ4v) is 10.9. The molecule has 4 aromatic rings. The SMILES string of the molecule is CC(=O)O[C@H]1C(=O)[C@@]2(C)[C@H]([C@H](OC(=O)c3ccccc3)[C@]3(O)C[C@H](OC(=O)[C@H](O)[C@@H](NC(=O)N(c4ccccc4)c4ccccc4)c4ccco4)C(C)=C1C3(C)C)[C@]1(OC(C)=O)CO[C@@H]1C[C@@H]2O. The van der Waals surface area contributed by atoms with Crippen LogP contribution in [0.1, 0.15) is 76.5 Å². The molecule has 1 aromatic heterocycles. The van der Waals surface area contributed by atoms with Crippen molar-refractivity contribution in [1.29, 1.82) is 0 Å². The van der Waals surface area contributed by atoms with E-state index < -0.39 is 113 Å². The third-order valence-corrected chi connectivity index (χ3v) is 14.4. The Labute approximate surface area is 391 Å². The summed E-state index contributed by atoms with van der Waals surface area (Å²) in [7, 11) is 0. The molecular formula is C51H54N2O15. The Morgan fingerprint density at radius 3 is 1.96 bits per heavy atom. The number of carbonyl (C=O) groups excluding carboxylic acids is 6. The maximum absolute atomic E-state index is 15.6. The zero-order valence-corrected chi connectivity index (χ0v) is 38.3. The van der Waals surface area contributed by atoms with Crippen molar-refractivity contribution < 1.29 is 72.2 Å². The summed E-state index contributed by atoms with van der Waals surface area (Å²) in [4.78, 5) is 86.3. The number of amides is 2. The second-order valence-electron chi connectivity index (χ2n) is 18.6. The lowest BCUT2D eigenvalue weighted by atomic mass is 9.44. The molecule has 11 atom stereocenters. The van der Waals surface area contributed by atoms with Crippen LogP contribution in [0.5, 0.6) is 0 Å². The lowest BCUT2D eigenvalue weighted by Crippen LogP contribution is -2.82. The number of aliphatic hydroxyl groups is 3. The summed E-state index contributed by atoms with van der Waals surface area (Å²) in [5, 5.41) is 40.6. The maximum atomic E-state index is 15.6. The number of urea groups is 1. The van der Waals surface area contributed by atoms with E-state index in [0.29, 0.717) is 11.4 Å². The van der Waals surface area contributed by atoms with E-state index in [-0.39, 0.29) is 35.5 Å². The summed E-state index contributed by atoms with van der Waals surface area (Å²) in [6.07, 6.45) is -9.59. The number of aliphatic hydroxyl groups excluding tert-OH is 2. The van der Waals surface area contributed by atoms with Crippen LogP contribution in [0.3, 0.4) is 0 Å². The smallest absolute Gasteiger partial charge is 0.338 e. The summed E-state index contributed by atoms with van der Waals surface area (Å²) < 4.78 is 36.0. The average molecular weight is 935 g/mol. The van der Waals surface area contributed by atoms with E-state index in [9.17, 15) is 39.3 Å². The number of benzene rings is 3. The lowest BCUT2D eigenvalue weighted by molar-refractivity contribution is -0.346. The highest BCUT2D eigenvalue weighted by Crippen LogP contribution is 2.64. The Morgan fingerprint density at radius 2 is 1.43 bits per heavy atom. The minimum atomic E-state index is -2.43. The lowest BCUT2D eigenvalue weighted by Gasteiger charge is -2.67. The van der Waals surface area contributed by atoms with Gasteiger partial charge < -0.3 is 48.7 Å². The zero-order chi connectivity index (χ0) is 48.9. The molecule has 3 fully saturated rings. The molecule has 4 aliphatic rings. The van der Waals surface area contributed by atoms with Crippen molar-refractivity contribution in [2.24, 2.45) is 16.7 Å². The van der Waals surface area contributed by atoms with Crippen molar-refractivity contribution in [3.63, 3.8) is 0 Å².